The third-order valence-corrected chi connectivity index (χ3v) is 3.87. The highest BCUT2D eigenvalue weighted by Crippen LogP contribution is 2.30. The van der Waals surface area contributed by atoms with Gasteiger partial charge in [0.1, 0.15) is 0 Å². The first kappa shape index (κ1) is 13.9. The maximum absolute atomic E-state index is 8.71. The molecule has 1 rings (SSSR count). The zero-order valence-electron chi connectivity index (χ0n) is 10.6. The van der Waals surface area contributed by atoms with Gasteiger partial charge in [-0.05, 0) is 44.1 Å². The van der Waals surface area contributed by atoms with Gasteiger partial charge in [0.25, 0.3) is 0 Å². The largest absolute Gasteiger partial charge is 0.396 e. The number of aliphatic hydroxyl groups is 1. The van der Waals surface area contributed by atoms with Gasteiger partial charge < -0.3 is 16.2 Å². The van der Waals surface area contributed by atoms with Crippen molar-refractivity contribution in [3.8, 4) is 0 Å². The van der Waals surface area contributed by atoms with E-state index in [0.29, 0.717) is 12.6 Å². The Labute approximate surface area is 99.8 Å². The molecule has 16 heavy (non-hydrogen) atoms. The van der Waals surface area contributed by atoms with Crippen LogP contribution in [0.5, 0.6) is 0 Å². The molecule has 0 aliphatic heterocycles. The van der Waals surface area contributed by atoms with Crippen LogP contribution in [0.2, 0.25) is 0 Å². The van der Waals surface area contributed by atoms with Gasteiger partial charge in [-0.15, -0.1) is 0 Å². The average Bonchev–Trinajstić information content (AvgIpc) is 2.31. The van der Waals surface area contributed by atoms with Gasteiger partial charge in [0.2, 0.25) is 0 Å². The van der Waals surface area contributed by atoms with E-state index in [0.717, 1.165) is 37.8 Å². The molecule has 3 heteroatoms. The van der Waals surface area contributed by atoms with Crippen LogP contribution >= 0.6 is 0 Å². The Morgan fingerprint density at radius 2 is 1.94 bits per heavy atom. The SMILES string of the molecule is CC1CCC(C(CN)NCCCCO)CC1. The molecule has 0 spiro atoms. The number of hydrogen-bond acceptors (Lipinski definition) is 3. The molecule has 1 aliphatic rings. The van der Waals surface area contributed by atoms with Gasteiger partial charge in [-0.25, -0.2) is 0 Å². The predicted molar refractivity (Wildman–Crippen MR) is 68.3 cm³/mol. The summed E-state index contributed by atoms with van der Waals surface area (Å²) in [5.41, 5.74) is 5.84. The van der Waals surface area contributed by atoms with Crippen LogP contribution in [0.15, 0.2) is 0 Å². The summed E-state index contributed by atoms with van der Waals surface area (Å²) in [5, 5.41) is 12.3. The van der Waals surface area contributed by atoms with Crippen LogP contribution in [0.25, 0.3) is 0 Å². The van der Waals surface area contributed by atoms with Gasteiger partial charge in [-0.1, -0.05) is 19.8 Å². The van der Waals surface area contributed by atoms with E-state index >= 15 is 0 Å². The number of unbranched alkanes of at least 4 members (excludes halogenated alkanes) is 1. The Bertz CT molecular complexity index is 167. The van der Waals surface area contributed by atoms with Crippen LogP contribution in [0.4, 0.5) is 0 Å². The minimum atomic E-state index is 0.302. The molecule has 4 N–H and O–H groups in total. The summed E-state index contributed by atoms with van der Waals surface area (Å²) >= 11 is 0. The average molecular weight is 228 g/mol. The molecule has 0 aromatic carbocycles. The summed E-state index contributed by atoms with van der Waals surface area (Å²) in [6.07, 6.45) is 7.33. The minimum absolute atomic E-state index is 0.302. The van der Waals surface area contributed by atoms with Crippen molar-refractivity contribution < 1.29 is 5.11 Å². The highest BCUT2D eigenvalue weighted by Gasteiger charge is 2.24. The molecule has 1 fully saturated rings. The van der Waals surface area contributed by atoms with E-state index in [1.807, 2.05) is 0 Å². The zero-order chi connectivity index (χ0) is 11.8. The second kappa shape index (κ2) is 8.04. The van der Waals surface area contributed by atoms with Crippen molar-refractivity contribution in [3.63, 3.8) is 0 Å². The molecule has 1 saturated carbocycles. The number of rotatable bonds is 7. The van der Waals surface area contributed by atoms with Gasteiger partial charge in [-0.3, -0.25) is 0 Å². The van der Waals surface area contributed by atoms with Gasteiger partial charge in [0.05, 0.1) is 0 Å². The fraction of sp³-hybridized carbons (Fsp3) is 1.00. The van der Waals surface area contributed by atoms with Crippen LogP contribution < -0.4 is 11.1 Å². The summed E-state index contributed by atoms with van der Waals surface area (Å²) in [5.74, 6) is 1.68. The molecule has 0 heterocycles. The molecular weight excluding hydrogens is 200 g/mol. The highest BCUT2D eigenvalue weighted by atomic mass is 16.2. The fourth-order valence-electron chi connectivity index (χ4n) is 2.65. The molecule has 3 nitrogen and oxygen atoms in total. The number of aliphatic hydroxyl groups excluding tert-OH is 1. The molecule has 0 aromatic heterocycles. The third kappa shape index (κ3) is 4.81. The van der Waals surface area contributed by atoms with Crippen molar-refractivity contribution in [2.75, 3.05) is 19.7 Å². The molecule has 0 radical (unpaired) electrons. The zero-order valence-corrected chi connectivity index (χ0v) is 10.6. The molecule has 0 amide bonds. The highest BCUT2D eigenvalue weighted by molar-refractivity contribution is 4.81. The lowest BCUT2D eigenvalue weighted by Crippen LogP contribution is -2.43. The van der Waals surface area contributed by atoms with E-state index in [2.05, 4.69) is 12.2 Å². The van der Waals surface area contributed by atoms with E-state index < -0.39 is 0 Å². The lowest BCUT2D eigenvalue weighted by atomic mass is 9.79. The van der Waals surface area contributed by atoms with Crippen molar-refractivity contribution in [2.24, 2.45) is 17.6 Å². The van der Waals surface area contributed by atoms with Gasteiger partial charge in [-0.2, -0.15) is 0 Å². The maximum atomic E-state index is 8.71. The van der Waals surface area contributed by atoms with E-state index in [9.17, 15) is 0 Å². The van der Waals surface area contributed by atoms with Crippen LogP contribution in [-0.2, 0) is 0 Å². The van der Waals surface area contributed by atoms with Crippen LogP contribution in [0.3, 0.4) is 0 Å². The van der Waals surface area contributed by atoms with Crippen molar-refractivity contribution >= 4 is 0 Å². The molecule has 0 saturated heterocycles. The summed E-state index contributed by atoms with van der Waals surface area (Å²) in [6, 6.07) is 0.492. The third-order valence-electron chi connectivity index (χ3n) is 3.87. The monoisotopic (exact) mass is 228 g/mol. The van der Waals surface area contributed by atoms with E-state index in [-0.39, 0.29) is 0 Å². The normalized spacial score (nSPS) is 27.9. The van der Waals surface area contributed by atoms with Crippen LogP contribution in [0, 0.1) is 11.8 Å². The topological polar surface area (TPSA) is 58.3 Å². The molecule has 1 aliphatic carbocycles. The number of nitrogens with two attached hydrogens (primary N) is 1. The first-order valence-corrected chi connectivity index (χ1v) is 6.82. The maximum Gasteiger partial charge on any atom is 0.0431 e. The summed E-state index contributed by atoms with van der Waals surface area (Å²) in [6.45, 7) is 4.39. The first-order chi connectivity index (χ1) is 7.77. The Balaban J connectivity index is 2.19. The number of nitrogens with one attached hydrogen (secondary N) is 1. The standard InChI is InChI=1S/C13H28N2O/c1-11-4-6-12(7-5-11)13(10-14)15-8-2-3-9-16/h11-13,15-16H,2-10,14H2,1H3. The molecule has 0 bridgehead atoms. The van der Waals surface area contributed by atoms with Crippen molar-refractivity contribution in [2.45, 2.75) is 51.5 Å². The van der Waals surface area contributed by atoms with E-state index in [4.69, 9.17) is 10.8 Å². The first-order valence-electron chi connectivity index (χ1n) is 6.82. The lowest BCUT2D eigenvalue weighted by Gasteiger charge is -2.32. The molecular formula is C13H28N2O. The molecule has 1 atom stereocenters. The molecule has 1 unspecified atom stereocenters. The van der Waals surface area contributed by atoms with E-state index in [1.54, 1.807) is 0 Å². The van der Waals surface area contributed by atoms with Crippen molar-refractivity contribution in [3.05, 3.63) is 0 Å². The smallest absolute Gasteiger partial charge is 0.0431 e. The minimum Gasteiger partial charge on any atom is -0.396 e. The second-order valence-electron chi connectivity index (χ2n) is 5.25. The van der Waals surface area contributed by atoms with Gasteiger partial charge in [0.15, 0.2) is 0 Å². The quantitative estimate of drug-likeness (QED) is 0.579. The Hall–Kier alpha value is -0.120. The molecule has 0 aromatic rings. The van der Waals surface area contributed by atoms with E-state index in [1.165, 1.54) is 25.7 Å². The fourth-order valence-corrected chi connectivity index (χ4v) is 2.65. The lowest BCUT2D eigenvalue weighted by molar-refractivity contribution is 0.229. The van der Waals surface area contributed by atoms with Crippen LogP contribution in [0.1, 0.15) is 45.4 Å². The molecule has 96 valence electrons. The Morgan fingerprint density at radius 1 is 1.25 bits per heavy atom. The van der Waals surface area contributed by atoms with Gasteiger partial charge >= 0.3 is 0 Å². The van der Waals surface area contributed by atoms with Crippen LogP contribution in [-0.4, -0.2) is 30.8 Å². The second-order valence-corrected chi connectivity index (χ2v) is 5.25. The Kier molecular flexibility index (Phi) is 7.01. The van der Waals surface area contributed by atoms with Crippen molar-refractivity contribution in [1.82, 2.24) is 5.32 Å². The summed E-state index contributed by atoms with van der Waals surface area (Å²) in [7, 11) is 0. The Morgan fingerprint density at radius 3 is 2.50 bits per heavy atom. The summed E-state index contributed by atoms with van der Waals surface area (Å²) in [4.78, 5) is 0. The van der Waals surface area contributed by atoms with Gasteiger partial charge in [0, 0.05) is 19.2 Å². The summed E-state index contributed by atoms with van der Waals surface area (Å²) < 4.78 is 0. The number of hydrogen-bond donors (Lipinski definition) is 3. The van der Waals surface area contributed by atoms with Crippen molar-refractivity contribution in [1.29, 1.82) is 0 Å². The predicted octanol–water partition coefficient (Wildman–Crippen LogP) is 1.50.